The molecular formula is C16H24O3. The van der Waals surface area contributed by atoms with E-state index in [1.165, 1.54) is 5.56 Å². The van der Waals surface area contributed by atoms with Crippen LogP contribution in [0.15, 0.2) is 18.2 Å². The molecule has 0 heterocycles. The smallest absolute Gasteiger partial charge is 0.344 e. The molecule has 0 saturated heterocycles. The molecule has 0 N–H and O–H groups in total. The van der Waals surface area contributed by atoms with Crippen molar-refractivity contribution < 1.29 is 14.3 Å². The van der Waals surface area contributed by atoms with Gasteiger partial charge in [0.05, 0.1) is 6.61 Å². The number of aryl methyl sites for hydroxylation is 1. The lowest BCUT2D eigenvalue weighted by molar-refractivity contribution is -0.145. The standard InChI is InChI=1S/C16H24O3/c1-6-12-8-9-14(13(10-12)16(3,4)5)19-11-15(17)18-7-2/h8-10H,6-7,11H2,1-5H3. The van der Waals surface area contributed by atoms with Gasteiger partial charge in [-0.3, -0.25) is 0 Å². The van der Waals surface area contributed by atoms with E-state index in [-0.39, 0.29) is 18.0 Å². The Kier molecular flexibility index (Phi) is 5.40. The zero-order valence-corrected chi connectivity index (χ0v) is 12.6. The Hall–Kier alpha value is -1.51. The molecule has 1 aromatic rings. The van der Waals surface area contributed by atoms with Gasteiger partial charge in [0.1, 0.15) is 5.75 Å². The lowest BCUT2D eigenvalue weighted by Crippen LogP contribution is -2.18. The van der Waals surface area contributed by atoms with Gasteiger partial charge in [-0.1, -0.05) is 39.8 Å². The maximum atomic E-state index is 11.4. The minimum absolute atomic E-state index is 0.0187. The SMILES string of the molecule is CCOC(=O)COc1ccc(CC)cc1C(C)(C)C. The van der Waals surface area contributed by atoms with Crippen LogP contribution in [0.3, 0.4) is 0 Å². The Morgan fingerprint density at radius 1 is 1.21 bits per heavy atom. The first-order chi connectivity index (χ1) is 8.88. The molecule has 0 unspecified atom stereocenters. The maximum Gasteiger partial charge on any atom is 0.344 e. The monoisotopic (exact) mass is 264 g/mol. The lowest BCUT2D eigenvalue weighted by atomic mass is 9.85. The van der Waals surface area contributed by atoms with Gasteiger partial charge >= 0.3 is 5.97 Å². The quantitative estimate of drug-likeness (QED) is 0.764. The maximum absolute atomic E-state index is 11.4. The summed E-state index contributed by atoms with van der Waals surface area (Å²) >= 11 is 0. The molecule has 1 rings (SSSR count). The number of carbonyl (C=O) groups is 1. The van der Waals surface area contributed by atoms with Crippen LogP contribution in [-0.4, -0.2) is 19.2 Å². The highest BCUT2D eigenvalue weighted by Crippen LogP contribution is 2.32. The van der Waals surface area contributed by atoms with Crippen molar-refractivity contribution in [2.24, 2.45) is 0 Å². The minimum atomic E-state index is -0.332. The molecule has 0 atom stereocenters. The van der Waals surface area contributed by atoms with Gasteiger partial charge in [-0.05, 0) is 36.0 Å². The second-order valence-corrected chi connectivity index (χ2v) is 5.53. The van der Waals surface area contributed by atoms with E-state index in [9.17, 15) is 4.79 Å². The third-order valence-electron chi connectivity index (χ3n) is 2.91. The molecule has 0 bridgehead atoms. The van der Waals surface area contributed by atoms with Crippen molar-refractivity contribution in [1.29, 1.82) is 0 Å². The topological polar surface area (TPSA) is 35.5 Å². The van der Waals surface area contributed by atoms with Gasteiger partial charge in [0.25, 0.3) is 0 Å². The second kappa shape index (κ2) is 6.60. The Morgan fingerprint density at radius 3 is 2.42 bits per heavy atom. The molecule has 106 valence electrons. The average Bonchev–Trinajstić information content (AvgIpc) is 2.35. The first-order valence-corrected chi connectivity index (χ1v) is 6.80. The molecule has 0 aliphatic rings. The normalized spacial score (nSPS) is 11.2. The van der Waals surface area contributed by atoms with Gasteiger partial charge in [-0.25, -0.2) is 4.79 Å². The summed E-state index contributed by atoms with van der Waals surface area (Å²) in [6, 6.07) is 6.13. The minimum Gasteiger partial charge on any atom is -0.482 e. The second-order valence-electron chi connectivity index (χ2n) is 5.53. The van der Waals surface area contributed by atoms with Gasteiger partial charge in [0, 0.05) is 0 Å². The van der Waals surface area contributed by atoms with Crippen LogP contribution in [0.5, 0.6) is 5.75 Å². The third kappa shape index (κ3) is 4.58. The van der Waals surface area contributed by atoms with Crippen molar-refractivity contribution in [2.45, 2.75) is 46.5 Å². The van der Waals surface area contributed by atoms with E-state index in [0.29, 0.717) is 6.61 Å². The first kappa shape index (κ1) is 15.5. The molecule has 3 heteroatoms. The Morgan fingerprint density at radius 2 is 1.89 bits per heavy atom. The summed E-state index contributed by atoms with van der Waals surface area (Å²) in [6.07, 6.45) is 0.987. The fourth-order valence-electron chi connectivity index (χ4n) is 1.85. The van der Waals surface area contributed by atoms with Crippen LogP contribution < -0.4 is 4.74 Å². The lowest BCUT2D eigenvalue weighted by Gasteiger charge is -2.23. The fourth-order valence-corrected chi connectivity index (χ4v) is 1.85. The van der Waals surface area contributed by atoms with Crippen LogP contribution in [0, 0.1) is 0 Å². The summed E-state index contributed by atoms with van der Waals surface area (Å²) in [5.74, 6) is 0.430. The molecule has 0 fully saturated rings. The molecule has 0 aromatic heterocycles. The fraction of sp³-hybridized carbons (Fsp3) is 0.562. The van der Waals surface area contributed by atoms with Crippen molar-refractivity contribution in [2.75, 3.05) is 13.2 Å². The van der Waals surface area contributed by atoms with Gasteiger partial charge in [-0.2, -0.15) is 0 Å². The zero-order chi connectivity index (χ0) is 14.5. The molecule has 0 aliphatic heterocycles. The van der Waals surface area contributed by atoms with Gasteiger partial charge < -0.3 is 9.47 Å². The third-order valence-corrected chi connectivity index (χ3v) is 2.91. The van der Waals surface area contributed by atoms with Crippen LogP contribution in [-0.2, 0) is 21.4 Å². The van der Waals surface area contributed by atoms with Crippen LogP contribution in [0.1, 0.15) is 45.7 Å². The van der Waals surface area contributed by atoms with Gasteiger partial charge in [0.2, 0.25) is 0 Å². The highest BCUT2D eigenvalue weighted by atomic mass is 16.6. The zero-order valence-electron chi connectivity index (χ0n) is 12.6. The number of ether oxygens (including phenoxy) is 2. The first-order valence-electron chi connectivity index (χ1n) is 6.80. The highest BCUT2D eigenvalue weighted by Gasteiger charge is 2.20. The molecule has 19 heavy (non-hydrogen) atoms. The van der Waals surface area contributed by atoms with E-state index in [2.05, 4.69) is 33.8 Å². The molecule has 3 nitrogen and oxygen atoms in total. The Labute approximate surface area is 115 Å². The number of benzene rings is 1. The summed E-state index contributed by atoms with van der Waals surface area (Å²) in [5.41, 5.74) is 2.37. The van der Waals surface area contributed by atoms with E-state index < -0.39 is 0 Å². The Bertz CT molecular complexity index is 430. The molecule has 0 spiro atoms. The van der Waals surface area contributed by atoms with E-state index in [0.717, 1.165) is 17.7 Å². The van der Waals surface area contributed by atoms with E-state index in [1.807, 2.05) is 12.1 Å². The summed E-state index contributed by atoms with van der Waals surface area (Å²) in [5, 5.41) is 0. The number of carbonyl (C=O) groups excluding carboxylic acids is 1. The molecule has 1 aromatic carbocycles. The number of hydrogen-bond donors (Lipinski definition) is 0. The molecule has 0 amide bonds. The predicted molar refractivity (Wildman–Crippen MR) is 76.6 cm³/mol. The molecule has 0 aliphatic carbocycles. The van der Waals surface area contributed by atoms with Crippen molar-refractivity contribution in [3.05, 3.63) is 29.3 Å². The van der Waals surface area contributed by atoms with E-state index >= 15 is 0 Å². The summed E-state index contributed by atoms with van der Waals surface area (Å²) < 4.78 is 10.5. The van der Waals surface area contributed by atoms with Crippen molar-refractivity contribution in [3.8, 4) is 5.75 Å². The van der Waals surface area contributed by atoms with Crippen molar-refractivity contribution in [1.82, 2.24) is 0 Å². The van der Waals surface area contributed by atoms with Crippen molar-refractivity contribution >= 4 is 5.97 Å². The molecular weight excluding hydrogens is 240 g/mol. The summed E-state index contributed by atoms with van der Waals surface area (Å²) in [7, 11) is 0. The van der Waals surface area contributed by atoms with Crippen LogP contribution in [0.2, 0.25) is 0 Å². The Balaban J connectivity index is 2.91. The molecule has 0 saturated carbocycles. The highest BCUT2D eigenvalue weighted by molar-refractivity contribution is 5.71. The van der Waals surface area contributed by atoms with Crippen LogP contribution in [0.4, 0.5) is 0 Å². The van der Waals surface area contributed by atoms with Crippen LogP contribution in [0.25, 0.3) is 0 Å². The van der Waals surface area contributed by atoms with Gasteiger partial charge in [-0.15, -0.1) is 0 Å². The van der Waals surface area contributed by atoms with Crippen LogP contribution >= 0.6 is 0 Å². The summed E-state index contributed by atoms with van der Waals surface area (Å²) in [6.45, 7) is 10.7. The summed E-state index contributed by atoms with van der Waals surface area (Å²) in [4.78, 5) is 11.4. The number of rotatable bonds is 5. The van der Waals surface area contributed by atoms with Gasteiger partial charge in [0.15, 0.2) is 6.61 Å². The largest absolute Gasteiger partial charge is 0.482 e. The van der Waals surface area contributed by atoms with Crippen molar-refractivity contribution in [3.63, 3.8) is 0 Å². The number of hydrogen-bond acceptors (Lipinski definition) is 3. The average molecular weight is 264 g/mol. The van der Waals surface area contributed by atoms with E-state index in [4.69, 9.17) is 9.47 Å². The predicted octanol–water partition coefficient (Wildman–Crippen LogP) is 3.49. The molecule has 0 radical (unpaired) electrons. The number of esters is 1. The van der Waals surface area contributed by atoms with E-state index in [1.54, 1.807) is 6.92 Å².